The Labute approximate surface area is 143 Å². The minimum Gasteiger partial charge on any atom is -0.618 e. The third-order valence-electron chi connectivity index (χ3n) is 4.19. The van der Waals surface area contributed by atoms with Crippen molar-refractivity contribution in [2.24, 2.45) is 0 Å². The number of hydrogen-bond donors (Lipinski definition) is 1. The molecule has 4 rings (SSSR count). The number of furan rings is 1. The third kappa shape index (κ3) is 2.57. The van der Waals surface area contributed by atoms with Crippen LogP contribution in [0.15, 0.2) is 59.2 Å². The minimum atomic E-state index is -0.409. The van der Waals surface area contributed by atoms with Gasteiger partial charge in [-0.1, -0.05) is 36.4 Å². The van der Waals surface area contributed by atoms with E-state index in [1.807, 2.05) is 24.3 Å². The summed E-state index contributed by atoms with van der Waals surface area (Å²) < 4.78 is 6.26. The molecular weight excluding hydrogens is 318 g/mol. The van der Waals surface area contributed by atoms with Crippen LogP contribution in [0.4, 0.5) is 0 Å². The molecule has 0 aliphatic rings. The van der Waals surface area contributed by atoms with Crippen molar-refractivity contribution >= 4 is 27.7 Å². The van der Waals surface area contributed by atoms with Gasteiger partial charge in [-0.2, -0.15) is 4.73 Å². The van der Waals surface area contributed by atoms with Crippen molar-refractivity contribution < 1.29 is 13.9 Å². The van der Waals surface area contributed by atoms with Gasteiger partial charge < -0.3 is 14.9 Å². The summed E-state index contributed by atoms with van der Waals surface area (Å²) in [6, 6.07) is 14.7. The molecule has 0 atom stereocenters. The zero-order chi connectivity index (χ0) is 17.4. The lowest BCUT2D eigenvalue weighted by molar-refractivity contribution is -0.584. The molecule has 4 aromatic rings. The predicted molar refractivity (Wildman–Crippen MR) is 92.8 cm³/mol. The number of nitrogens with one attached hydrogen (secondary N) is 1. The van der Waals surface area contributed by atoms with Gasteiger partial charge in [-0.25, -0.2) is 4.98 Å². The Kier molecular flexibility index (Phi) is 3.57. The molecule has 0 fully saturated rings. The molecule has 0 aliphatic carbocycles. The number of amides is 1. The number of carbonyl (C=O) groups is 1. The number of aromatic nitrogens is 2. The number of rotatable bonds is 3. The van der Waals surface area contributed by atoms with Gasteiger partial charge in [0.05, 0.1) is 12.8 Å². The van der Waals surface area contributed by atoms with E-state index in [0.29, 0.717) is 16.8 Å². The Balaban J connectivity index is 1.63. The Morgan fingerprint density at radius 1 is 1.20 bits per heavy atom. The van der Waals surface area contributed by atoms with Crippen molar-refractivity contribution in [3.63, 3.8) is 0 Å². The SMILES string of the molecule is Cc1c(C(=O)NCc2occ3ccccc23)nc2ccccc2[n+]1[O-]. The van der Waals surface area contributed by atoms with Crippen LogP contribution < -0.4 is 10.0 Å². The van der Waals surface area contributed by atoms with Crippen molar-refractivity contribution in [3.8, 4) is 0 Å². The van der Waals surface area contributed by atoms with Crippen molar-refractivity contribution in [1.82, 2.24) is 10.3 Å². The summed E-state index contributed by atoms with van der Waals surface area (Å²) in [4.78, 5) is 16.9. The van der Waals surface area contributed by atoms with Gasteiger partial charge in [-0.05, 0) is 6.07 Å². The molecule has 0 saturated carbocycles. The lowest BCUT2D eigenvalue weighted by Crippen LogP contribution is -2.36. The molecule has 2 aromatic heterocycles. The average molecular weight is 333 g/mol. The summed E-state index contributed by atoms with van der Waals surface area (Å²) in [5.74, 6) is 0.255. The molecule has 0 bridgehead atoms. The first-order valence-corrected chi connectivity index (χ1v) is 7.87. The quantitative estimate of drug-likeness (QED) is 0.462. The maximum absolute atomic E-state index is 12.5. The minimum absolute atomic E-state index is 0.115. The molecular formula is C19H15N3O3. The van der Waals surface area contributed by atoms with Crippen LogP contribution in [0.2, 0.25) is 0 Å². The van der Waals surface area contributed by atoms with Crippen LogP contribution in [-0.2, 0) is 6.54 Å². The largest absolute Gasteiger partial charge is 0.618 e. The molecule has 0 spiro atoms. The number of hydrogen-bond acceptors (Lipinski definition) is 4. The molecule has 2 aromatic carbocycles. The highest BCUT2D eigenvalue weighted by molar-refractivity contribution is 5.94. The number of para-hydroxylation sites is 2. The van der Waals surface area contributed by atoms with E-state index in [1.54, 1.807) is 37.5 Å². The van der Waals surface area contributed by atoms with Crippen molar-refractivity contribution in [2.75, 3.05) is 0 Å². The first-order chi connectivity index (χ1) is 12.1. The fraction of sp³-hybridized carbons (Fsp3) is 0.105. The lowest BCUT2D eigenvalue weighted by atomic mass is 10.2. The van der Waals surface area contributed by atoms with Crippen LogP contribution in [0.3, 0.4) is 0 Å². The summed E-state index contributed by atoms with van der Waals surface area (Å²) in [6.45, 7) is 1.81. The van der Waals surface area contributed by atoms with E-state index < -0.39 is 5.91 Å². The normalized spacial score (nSPS) is 11.1. The number of carbonyl (C=O) groups excluding carboxylic acids is 1. The zero-order valence-electron chi connectivity index (χ0n) is 13.5. The van der Waals surface area contributed by atoms with Gasteiger partial charge >= 0.3 is 0 Å². The third-order valence-corrected chi connectivity index (χ3v) is 4.19. The molecule has 0 radical (unpaired) electrons. The van der Waals surface area contributed by atoms with Crippen molar-refractivity contribution in [2.45, 2.75) is 13.5 Å². The topological polar surface area (TPSA) is 82.1 Å². The summed E-state index contributed by atoms with van der Waals surface area (Å²) in [5, 5.41) is 17.0. The van der Waals surface area contributed by atoms with Crippen LogP contribution >= 0.6 is 0 Å². The van der Waals surface area contributed by atoms with E-state index in [0.717, 1.165) is 15.5 Å². The second-order valence-corrected chi connectivity index (χ2v) is 5.76. The molecule has 1 N–H and O–H groups in total. The molecule has 6 heteroatoms. The van der Waals surface area contributed by atoms with Gasteiger partial charge in [0.1, 0.15) is 11.3 Å². The van der Waals surface area contributed by atoms with Gasteiger partial charge in [0, 0.05) is 23.8 Å². The standard InChI is InChI=1S/C19H15N3O3/c1-12-18(21-15-8-4-5-9-16(15)22(12)24)19(23)20-10-17-14-7-3-2-6-13(14)11-25-17/h2-9,11H,10H2,1H3,(H,20,23). The van der Waals surface area contributed by atoms with Crippen LogP contribution in [0.5, 0.6) is 0 Å². The fourth-order valence-corrected chi connectivity index (χ4v) is 2.86. The van der Waals surface area contributed by atoms with Crippen LogP contribution in [0.1, 0.15) is 21.9 Å². The van der Waals surface area contributed by atoms with Gasteiger partial charge in [0.25, 0.3) is 5.91 Å². The zero-order valence-corrected chi connectivity index (χ0v) is 13.5. The first-order valence-electron chi connectivity index (χ1n) is 7.87. The van der Waals surface area contributed by atoms with E-state index in [-0.39, 0.29) is 17.9 Å². The van der Waals surface area contributed by atoms with Crippen LogP contribution in [0, 0.1) is 12.1 Å². The Bertz CT molecular complexity index is 1100. The molecule has 2 heterocycles. The van der Waals surface area contributed by atoms with E-state index >= 15 is 0 Å². The number of benzene rings is 2. The molecule has 0 unspecified atom stereocenters. The highest BCUT2D eigenvalue weighted by Gasteiger charge is 2.21. The Morgan fingerprint density at radius 3 is 2.84 bits per heavy atom. The highest BCUT2D eigenvalue weighted by atomic mass is 16.5. The number of nitrogens with zero attached hydrogens (tertiary/aromatic N) is 2. The second kappa shape index (κ2) is 5.90. The van der Waals surface area contributed by atoms with E-state index in [1.165, 1.54) is 0 Å². The van der Waals surface area contributed by atoms with Crippen molar-refractivity contribution in [3.05, 3.63) is 77.1 Å². The smallest absolute Gasteiger partial charge is 0.276 e. The first kappa shape index (κ1) is 15.1. The maximum atomic E-state index is 12.5. The lowest BCUT2D eigenvalue weighted by Gasteiger charge is -2.09. The van der Waals surface area contributed by atoms with Crippen molar-refractivity contribution in [1.29, 1.82) is 0 Å². The maximum Gasteiger partial charge on any atom is 0.276 e. The second-order valence-electron chi connectivity index (χ2n) is 5.76. The van der Waals surface area contributed by atoms with Gasteiger partial charge in [0.2, 0.25) is 11.2 Å². The van der Waals surface area contributed by atoms with Gasteiger partial charge in [-0.3, -0.25) is 4.79 Å². The molecule has 25 heavy (non-hydrogen) atoms. The Morgan fingerprint density at radius 2 is 1.96 bits per heavy atom. The summed E-state index contributed by atoms with van der Waals surface area (Å²) in [7, 11) is 0. The van der Waals surface area contributed by atoms with Crippen LogP contribution in [-0.4, -0.2) is 10.9 Å². The number of fused-ring (bicyclic) bond motifs is 2. The summed E-state index contributed by atoms with van der Waals surface area (Å²) in [6.07, 6.45) is 1.65. The van der Waals surface area contributed by atoms with E-state index in [2.05, 4.69) is 10.3 Å². The predicted octanol–water partition coefficient (Wildman–Crippen LogP) is 2.85. The summed E-state index contributed by atoms with van der Waals surface area (Å²) >= 11 is 0. The molecule has 1 amide bonds. The molecule has 0 saturated heterocycles. The fourth-order valence-electron chi connectivity index (χ4n) is 2.86. The van der Waals surface area contributed by atoms with E-state index in [9.17, 15) is 10.0 Å². The monoisotopic (exact) mass is 333 g/mol. The average Bonchev–Trinajstić information content (AvgIpc) is 3.06. The van der Waals surface area contributed by atoms with E-state index in [4.69, 9.17) is 4.42 Å². The van der Waals surface area contributed by atoms with Gasteiger partial charge in [0.15, 0.2) is 5.69 Å². The molecule has 0 aliphatic heterocycles. The van der Waals surface area contributed by atoms with Crippen LogP contribution in [0.25, 0.3) is 21.8 Å². The highest BCUT2D eigenvalue weighted by Crippen LogP contribution is 2.20. The molecule has 6 nitrogen and oxygen atoms in total. The van der Waals surface area contributed by atoms with Gasteiger partial charge in [-0.15, -0.1) is 0 Å². The Hall–Kier alpha value is -3.41. The molecule has 124 valence electrons. The summed E-state index contributed by atoms with van der Waals surface area (Å²) in [5.41, 5.74) is 1.30.